The molecule has 0 atom stereocenters. The van der Waals surface area contributed by atoms with E-state index in [9.17, 15) is 0 Å². The van der Waals surface area contributed by atoms with E-state index in [1.807, 2.05) is 6.08 Å². The van der Waals surface area contributed by atoms with Gasteiger partial charge in [-0.05, 0) is 43.6 Å². The first-order chi connectivity index (χ1) is 6.72. The summed E-state index contributed by atoms with van der Waals surface area (Å²) in [5.74, 6) is 0.992. The fourth-order valence-electron chi connectivity index (χ4n) is 1.23. The van der Waals surface area contributed by atoms with E-state index in [1.165, 1.54) is 5.56 Å². The van der Waals surface area contributed by atoms with Gasteiger partial charge in [0.05, 0.1) is 0 Å². The van der Waals surface area contributed by atoms with Crippen LogP contribution < -0.4 is 4.43 Å². The molecule has 0 fully saturated rings. The fourth-order valence-corrected chi connectivity index (χ4v) is 1.84. The second kappa shape index (κ2) is 5.65. The largest absolute Gasteiger partial charge is 0.543 e. The van der Waals surface area contributed by atoms with Gasteiger partial charge in [0, 0.05) is 0 Å². The van der Waals surface area contributed by atoms with Crippen molar-refractivity contribution < 1.29 is 4.43 Å². The number of aryl methyl sites for hydroxylation is 1. The lowest BCUT2D eigenvalue weighted by Crippen LogP contribution is -2.10. The molecular formula is C12H17OSi. The zero-order chi connectivity index (χ0) is 10.4. The Kier molecular flexibility index (Phi) is 4.46. The molecule has 0 saturated carbocycles. The van der Waals surface area contributed by atoms with Crippen LogP contribution in [0.15, 0.2) is 36.9 Å². The van der Waals surface area contributed by atoms with Crippen LogP contribution in [0, 0.1) is 0 Å². The van der Waals surface area contributed by atoms with Crippen LogP contribution in [0.5, 0.6) is 5.75 Å². The van der Waals surface area contributed by atoms with Crippen LogP contribution >= 0.6 is 0 Å². The van der Waals surface area contributed by atoms with Crippen molar-refractivity contribution in [2.75, 3.05) is 0 Å². The SMILES string of the molecule is C=CCCc1ccc(O[Si](C)C)cc1. The van der Waals surface area contributed by atoms with E-state index in [1.54, 1.807) is 0 Å². The van der Waals surface area contributed by atoms with Crippen LogP contribution in [-0.2, 0) is 6.42 Å². The molecule has 0 aromatic heterocycles. The lowest BCUT2D eigenvalue weighted by Gasteiger charge is -2.08. The van der Waals surface area contributed by atoms with E-state index in [0.29, 0.717) is 0 Å². The summed E-state index contributed by atoms with van der Waals surface area (Å²) in [5.41, 5.74) is 1.35. The molecule has 0 spiro atoms. The van der Waals surface area contributed by atoms with Gasteiger partial charge in [0.15, 0.2) is 0 Å². The maximum atomic E-state index is 5.66. The molecule has 0 aliphatic rings. The zero-order valence-corrected chi connectivity index (χ0v) is 9.92. The van der Waals surface area contributed by atoms with Crippen molar-refractivity contribution in [2.24, 2.45) is 0 Å². The van der Waals surface area contributed by atoms with Crippen LogP contribution in [0.1, 0.15) is 12.0 Å². The molecule has 0 saturated heterocycles. The standard InChI is InChI=1S/C12H17OSi/c1-4-5-6-11-7-9-12(10-8-11)13-14(2)3/h4,7-10H,1,5-6H2,2-3H3. The molecule has 0 amide bonds. The van der Waals surface area contributed by atoms with Gasteiger partial charge in [0.25, 0.3) is 9.04 Å². The lowest BCUT2D eigenvalue weighted by atomic mass is 10.1. The van der Waals surface area contributed by atoms with Crippen molar-refractivity contribution >= 4 is 9.04 Å². The molecule has 0 aliphatic carbocycles. The van der Waals surface area contributed by atoms with Crippen LogP contribution in [0.2, 0.25) is 13.1 Å². The molecule has 75 valence electrons. The van der Waals surface area contributed by atoms with Gasteiger partial charge in [-0.25, -0.2) is 0 Å². The van der Waals surface area contributed by atoms with E-state index >= 15 is 0 Å². The molecule has 0 aliphatic heterocycles. The summed E-state index contributed by atoms with van der Waals surface area (Å²) in [6, 6.07) is 8.36. The Labute approximate surface area is 88.1 Å². The number of rotatable bonds is 5. The quantitative estimate of drug-likeness (QED) is 0.528. The minimum Gasteiger partial charge on any atom is -0.543 e. The molecule has 0 bridgehead atoms. The second-order valence-electron chi connectivity index (χ2n) is 3.48. The third kappa shape index (κ3) is 3.79. The Morgan fingerprint density at radius 2 is 1.93 bits per heavy atom. The summed E-state index contributed by atoms with van der Waals surface area (Å²) >= 11 is 0. The topological polar surface area (TPSA) is 9.23 Å². The van der Waals surface area contributed by atoms with Crippen LogP contribution in [0.4, 0.5) is 0 Å². The van der Waals surface area contributed by atoms with E-state index in [-0.39, 0.29) is 0 Å². The predicted octanol–water partition coefficient (Wildman–Crippen LogP) is 3.44. The fraction of sp³-hybridized carbons (Fsp3) is 0.333. The molecule has 1 aromatic carbocycles. The first-order valence-electron chi connectivity index (χ1n) is 4.90. The molecule has 2 heteroatoms. The van der Waals surface area contributed by atoms with Gasteiger partial charge in [-0.3, -0.25) is 0 Å². The van der Waals surface area contributed by atoms with Crippen molar-refractivity contribution in [1.82, 2.24) is 0 Å². The Hall–Kier alpha value is -1.02. The highest BCUT2D eigenvalue weighted by molar-refractivity contribution is 6.49. The molecule has 1 nitrogen and oxygen atoms in total. The summed E-state index contributed by atoms with van der Waals surface area (Å²) in [6.07, 6.45) is 4.06. The Morgan fingerprint density at radius 3 is 2.43 bits per heavy atom. The minimum absolute atomic E-state index is 0.632. The van der Waals surface area contributed by atoms with Gasteiger partial charge >= 0.3 is 0 Å². The van der Waals surface area contributed by atoms with Gasteiger partial charge in [-0.15, -0.1) is 6.58 Å². The van der Waals surface area contributed by atoms with Crippen molar-refractivity contribution in [3.63, 3.8) is 0 Å². The Balaban J connectivity index is 2.54. The highest BCUT2D eigenvalue weighted by atomic mass is 28.3. The lowest BCUT2D eigenvalue weighted by molar-refractivity contribution is 0.580. The highest BCUT2D eigenvalue weighted by Gasteiger charge is 1.99. The van der Waals surface area contributed by atoms with Gasteiger partial charge in [-0.1, -0.05) is 18.2 Å². The van der Waals surface area contributed by atoms with Gasteiger partial charge < -0.3 is 4.43 Å². The summed E-state index contributed by atoms with van der Waals surface area (Å²) < 4.78 is 5.66. The average molecular weight is 205 g/mol. The molecule has 1 rings (SSSR count). The molecule has 0 heterocycles. The maximum absolute atomic E-state index is 5.66. The monoisotopic (exact) mass is 205 g/mol. The number of hydrogen-bond donors (Lipinski definition) is 0. The first kappa shape index (κ1) is 11.1. The minimum atomic E-state index is -0.632. The van der Waals surface area contributed by atoms with Gasteiger partial charge in [-0.2, -0.15) is 0 Å². The van der Waals surface area contributed by atoms with E-state index in [2.05, 4.69) is 43.9 Å². The normalized spacial score (nSPS) is 10.2. The zero-order valence-electron chi connectivity index (χ0n) is 8.92. The molecule has 14 heavy (non-hydrogen) atoms. The van der Waals surface area contributed by atoms with Crippen molar-refractivity contribution in [3.8, 4) is 5.75 Å². The summed E-state index contributed by atoms with van der Waals surface area (Å²) in [7, 11) is -0.632. The van der Waals surface area contributed by atoms with Crippen LogP contribution in [0.3, 0.4) is 0 Å². The molecular weight excluding hydrogens is 188 g/mol. The molecule has 0 N–H and O–H groups in total. The van der Waals surface area contributed by atoms with E-state index in [4.69, 9.17) is 4.43 Å². The number of allylic oxidation sites excluding steroid dienone is 1. The van der Waals surface area contributed by atoms with Crippen molar-refractivity contribution in [2.45, 2.75) is 25.9 Å². The molecule has 1 radical (unpaired) electrons. The van der Waals surface area contributed by atoms with Crippen LogP contribution in [-0.4, -0.2) is 9.04 Å². The average Bonchev–Trinajstić information content (AvgIpc) is 2.16. The predicted molar refractivity (Wildman–Crippen MR) is 63.1 cm³/mol. The van der Waals surface area contributed by atoms with Gasteiger partial charge in [0.1, 0.15) is 5.75 Å². The first-order valence-corrected chi connectivity index (χ1v) is 7.31. The molecule has 1 aromatic rings. The smallest absolute Gasteiger partial charge is 0.274 e. The molecule has 0 unspecified atom stereocenters. The number of benzene rings is 1. The summed E-state index contributed by atoms with van der Waals surface area (Å²) in [6.45, 7) is 7.98. The Morgan fingerprint density at radius 1 is 1.29 bits per heavy atom. The third-order valence-electron chi connectivity index (χ3n) is 1.88. The third-order valence-corrected chi connectivity index (χ3v) is 2.53. The van der Waals surface area contributed by atoms with E-state index in [0.717, 1.165) is 18.6 Å². The summed E-state index contributed by atoms with van der Waals surface area (Å²) in [4.78, 5) is 0. The van der Waals surface area contributed by atoms with Crippen molar-refractivity contribution in [1.29, 1.82) is 0 Å². The van der Waals surface area contributed by atoms with Crippen LogP contribution in [0.25, 0.3) is 0 Å². The second-order valence-corrected chi connectivity index (χ2v) is 5.50. The maximum Gasteiger partial charge on any atom is 0.274 e. The van der Waals surface area contributed by atoms with Crippen molar-refractivity contribution in [3.05, 3.63) is 42.5 Å². The summed E-state index contributed by atoms with van der Waals surface area (Å²) in [5, 5.41) is 0. The van der Waals surface area contributed by atoms with Gasteiger partial charge in [0.2, 0.25) is 0 Å². The van der Waals surface area contributed by atoms with E-state index < -0.39 is 9.04 Å². The number of hydrogen-bond acceptors (Lipinski definition) is 1. The Bertz CT molecular complexity index is 277. The highest BCUT2D eigenvalue weighted by Crippen LogP contribution is 2.14.